The van der Waals surface area contributed by atoms with E-state index < -0.39 is 0 Å². The molecule has 0 bridgehead atoms. The van der Waals surface area contributed by atoms with Gasteiger partial charge in [-0.3, -0.25) is 14.2 Å². The van der Waals surface area contributed by atoms with Gasteiger partial charge in [0.1, 0.15) is 11.7 Å². The molecule has 0 saturated carbocycles. The van der Waals surface area contributed by atoms with Crippen molar-refractivity contribution in [2.45, 2.75) is 13.1 Å². The molecular weight excluding hydrogens is 410 g/mol. The van der Waals surface area contributed by atoms with Gasteiger partial charge >= 0.3 is 0 Å². The molecule has 9 heteroatoms. The maximum Gasteiger partial charge on any atom is 0.264 e. The minimum Gasteiger partial charge on any atom is -0.493 e. The number of rotatable bonds is 9. The second-order valence-corrected chi connectivity index (χ2v) is 7.06. The van der Waals surface area contributed by atoms with Crippen LogP contribution in [0.2, 0.25) is 0 Å². The number of carbonyl (C=O) groups is 1. The first kappa shape index (κ1) is 21.1. The van der Waals surface area contributed by atoms with Crippen molar-refractivity contribution >= 4 is 16.9 Å². The van der Waals surface area contributed by atoms with Crippen molar-refractivity contribution in [3.63, 3.8) is 0 Å². The van der Waals surface area contributed by atoms with Crippen molar-refractivity contribution in [2.24, 2.45) is 0 Å². The highest BCUT2D eigenvalue weighted by Crippen LogP contribution is 2.25. The lowest BCUT2D eigenvalue weighted by atomic mass is 10.2. The third-order valence-corrected chi connectivity index (χ3v) is 4.89. The smallest absolute Gasteiger partial charge is 0.264 e. The van der Waals surface area contributed by atoms with Crippen LogP contribution in [-0.4, -0.2) is 45.5 Å². The third-order valence-electron chi connectivity index (χ3n) is 4.89. The van der Waals surface area contributed by atoms with Crippen LogP contribution in [-0.2, 0) is 17.9 Å². The lowest BCUT2D eigenvalue weighted by molar-refractivity contribution is -0.123. The summed E-state index contributed by atoms with van der Waals surface area (Å²) in [5, 5.41) is 7.47. The molecule has 0 spiro atoms. The van der Waals surface area contributed by atoms with Crippen LogP contribution in [0.15, 0.2) is 71.9 Å². The maximum atomic E-state index is 12.8. The average molecular weight is 433 g/mol. The summed E-state index contributed by atoms with van der Waals surface area (Å²) < 4.78 is 13.9. The van der Waals surface area contributed by atoms with Gasteiger partial charge in [-0.25, -0.2) is 9.67 Å². The summed E-state index contributed by atoms with van der Waals surface area (Å²) in [6.45, 7) is 0.997. The number of hydrogen-bond donors (Lipinski definition) is 1. The van der Waals surface area contributed by atoms with E-state index in [9.17, 15) is 9.59 Å². The summed E-state index contributed by atoms with van der Waals surface area (Å²) in [5.41, 5.74) is 1.35. The molecule has 0 fully saturated rings. The summed E-state index contributed by atoms with van der Waals surface area (Å²) in [6.07, 6.45) is 3.04. The van der Waals surface area contributed by atoms with Gasteiger partial charge in [0.05, 0.1) is 26.4 Å². The number of nitrogens with one attached hydrogen (secondary N) is 1. The zero-order valence-electron chi connectivity index (χ0n) is 17.6. The van der Waals surface area contributed by atoms with Crippen LogP contribution in [0, 0.1) is 0 Å². The molecule has 0 saturated heterocycles. The lowest BCUT2D eigenvalue weighted by Gasteiger charge is -2.10. The van der Waals surface area contributed by atoms with Crippen molar-refractivity contribution in [3.05, 3.63) is 83.0 Å². The van der Waals surface area contributed by atoms with E-state index in [2.05, 4.69) is 15.4 Å². The first-order valence-electron chi connectivity index (χ1n) is 10.1. The van der Waals surface area contributed by atoms with E-state index >= 15 is 0 Å². The highest BCUT2D eigenvalue weighted by Gasteiger charge is 2.11. The number of methoxy groups -OCH3 is 1. The van der Waals surface area contributed by atoms with Gasteiger partial charge in [-0.05, 0) is 17.7 Å². The predicted octanol–water partition coefficient (Wildman–Crippen LogP) is 1.85. The number of hydrogen-bond acceptors (Lipinski definition) is 6. The van der Waals surface area contributed by atoms with Crippen LogP contribution in [0.3, 0.4) is 0 Å². The average Bonchev–Trinajstić information content (AvgIpc) is 3.24. The molecule has 0 unspecified atom stereocenters. The van der Waals surface area contributed by atoms with Gasteiger partial charge in [-0.1, -0.05) is 42.5 Å². The van der Waals surface area contributed by atoms with Crippen LogP contribution >= 0.6 is 0 Å². The molecule has 0 aliphatic carbocycles. The Labute approximate surface area is 184 Å². The molecule has 1 N–H and O–H groups in total. The van der Waals surface area contributed by atoms with Gasteiger partial charge in [0.15, 0.2) is 23.8 Å². The first-order chi connectivity index (χ1) is 15.7. The van der Waals surface area contributed by atoms with Crippen molar-refractivity contribution in [1.29, 1.82) is 0 Å². The SMILES string of the molecule is COc1ccccc1OCC(=O)NCCn1ncc2c(=O)n(Cc3ccccc3)cnc21. The zero-order chi connectivity index (χ0) is 22.3. The summed E-state index contributed by atoms with van der Waals surface area (Å²) in [6, 6.07) is 16.8. The van der Waals surface area contributed by atoms with Gasteiger partial charge < -0.3 is 14.8 Å². The summed E-state index contributed by atoms with van der Waals surface area (Å²) >= 11 is 0. The number of aromatic nitrogens is 4. The quantitative estimate of drug-likeness (QED) is 0.432. The second kappa shape index (κ2) is 9.78. The van der Waals surface area contributed by atoms with Crippen LogP contribution < -0.4 is 20.3 Å². The highest BCUT2D eigenvalue weighted by molar-refractivity contribution is 5.77. The predicted molar refractivity (Wildman–Crippen MR) is 119 cm³/mol. The molecule has 1 amide bonds. The number of carbonyl (C=O) groups excluding carboxylic acids is 1. The Bertz CT molecular complexity index is 1270. The molecular formula is C23H23N5O4. The molecule has 2 heterocycles. The van der Waals surface area contributed by atoms with E-state index in [1.165, 1.54) is 12.5 Å². The van der Waals surface area contributed by atoms with Crippen LogP contribution in [0.25, 0.3) is 11.0 Å². The van der Waals surface area contributed by atoms with Crippen LogP contribution in [0.1, 0.15) is 5.56 Å². The Kier molecular flexibility index (Phi) is 6.45. The van der Waals surface area contributed by atoms with E-state index in [1.807, 2.05) is 36.4 Å². The number of nitrogens with zero attached hydrogens (tertiary/aromatic N) is 4. The Morgan fingerprint density at radius 2 is 1.81 bits per heavy atom. The normalized spacial score (nSPS) is 10.8. The summed E-state index contributed by atoms with van der Waals surface area (Å²) in [7, 11) is 1.54. The van der Waals surface area contributed by atoms with Crippen molar-refractivity contribution in [2.75, 3.05) is 20.3 Å². The molecule has 4 rings (SSSR count). The second-order valence-electron chi connectivity index (χ2n) is 7.06. The Hall–Kier alpha value is -4.14. The zero-order valence-corrected chi connectivity index (χ0v) is 17.6. The van der Waals surface area contributed by atoms with Crippen LogP contribution in [0.5, 0.6) is 11.5 Å². The minimum atomic E-state index is -0.273. The third kappa shape index (κ3) is 4.77. The maximum absolute atomic E-state index is 12.8. The topological polar surface area (TPSA) is 100 Å². The fourth-order valence-corrected chi connectivity index (χ4v) is 3.29. The number of benzene rings is 2. The number of fused-ring (bicyclic) bond motifs is 1. The lowest BCUT2D eigenvalue weighted by Crippen LogP contribution is -2.32. The van der Waals surface area contributed by atoms with E-state index in [1.54, 1.807) is 34.6 Å². The van der Waals surface area contributed by atoms with Crippen molar-refractivity contribution in [3.8, 4) is 11.5 Å². The Morgan fingerprint density at radius 3 is 2.59 bits per heavy atom. The number of para-hydroxylation sites is 2. The van der Waals surface area contributed by atoms with Crippen molar-refractivity contribution < 1.29 is 14.3 Å². The van der Waals surface area contributed by atoms with E-state index in [-0.39, 0.29) is 18.1 Å². The molecule has 32 heavy (non-hydrogen) atoms. The standard InChI is InChI=1S/C23H23N5O4/c1-31-19-9-5-6-10-20(19)32-15-21(29)24-11-12-28-22-18(13-26-28)23(30)27(16-25-22)14-17-7-3-2-4-8-17/h2-10,13,16H,11-12,14-15H2,1H3,(H,24,29). The summed E-state index contributed by atoms with van der Waals surface area (Å²) in [4.78, 5) is 29.3. The van der Waals surface area contributed by atoms with E-state index in [4.69, 9.17) is 9.47 Å². The fourth-order valence-electron chi connectivity index (χ4n) is 3.29. The largest absolute Gasteiger partial charge is 0.493 e. The molecule has 0 radical (unpaired) electrons. The van der Waals surface area contributed by atoms with Gasteiger partial charge in [-0.2, -0.15) is 5.10 Å². The molecule has 2 aromatic carbocycles. The Morgan fingerprint density at radius 1 is 1.06 bits per heavy atom. The van der Waals surface area contributed by atoms with Gasteiger partial charge in [0, 0.05) is 6.54 Å². The van der Waals surface area contributed by atoms with E-state index in [0.717, 1.165) is 5.56 Å². The molecule has 9 nitrogen and oxygen atoms in total. The highest BCUT2D eigenvalue weighted by atomic mass is 16.5. The monoisotopic (exact) mass is 433 g/mol. The molecule has 164 valence electrons. The molecule has 0 aliphatic rings. The van der Waals surface area contributed by atoms with Gasteiger partial charge in [0.2, 0.25) is 0 Å². The van der Waals surface area contributed by atoms with Crippen molar-refractivity contribution in [1.82, 2.24) is 24.6 Å². The van der Waals surface area contributed by atoms with Gasteiger partial charge in [-0.15, -0.1) is 0 Å². The summed E-state index contributed by atoms with van der Waals surface area (Å²) in [5.74, 6) is 0.789. The fraction of sp³-hybridized carbons (Fsp3) is 0.217. The van der Waals surface area contributed by atoms with Gasteiger partial charge in [0.25, 0.3) is 11.5 Å². The molecule has 4 aromatic rings. The minimum absolute atomic E-state index is 0.136. The number of amides is 1. The first-order valence-corrected chi connectivity index (χ1v) is 10.1. The molecule has 2 aromatic heterocycles. The van der Waals surface area contributed by atoms with Crippen LogP contribution in [0.4, 0.5) is 0 Å². The molecule has 0 atom stereocenters. The van der Waals surface area contributed by atoms with E-state index in [0.29, 0.717) is 42.2 Å². The number of ether oxygens (including phenoxy) is 2. The Balaban J connectivity index is 1.34. The molecule has 0 aliphatic heterocycles.